The standard InChI is InChI=1S/C20H26NO4P/c1-15-13-16(2)19(17(3)14-15)20(24)26(25,18-7-5-4-6-8-18)21(9-11-22)10-12-23/h4-8,13-14,22-23H,9-12H2,1-3H3. The molecule has 0 amide bonds. The van der Waals surface area contributed by atoms with Gasteiger partial charge < -0.3 is 10.2 Å². The summed E-state index contributed by atoms with van der Waals surface area (Å²) < 4.78 is 15.6. The van der Waals surface area contributed by atoms with Gasteiger partial charge >= 0.3 is 0 Å². The zero-order chi connectivity index (χ0) is 19.3. The molecule has 2 N–H and O–H groups in total. The lowest BCUT2D eigenvalue weighted by Crippen LogP contribution is -2.35. The van der Waals surface area contributed by atoms with E-state index >= 15 is 0 Å². The van der Waals surface area contributed by atoms with Crippen LogP contribution in [0.5, 0.6) is 0 Å². The third-order valence-electron chi connectivity index (χ3n) is 4.39. The number of aryl methyl sites for hydroxylation is 3. The normalized spacial score (nSPS) is 13.6. The fourth-order valence-electron chi connectivity index (χ4n) is 3.33. The lowest BCUT2D eigenvalue weighted by Gasteiger charge is -2.30. The van der Waals surface area contributed by atoms with Crippen LogP contribution in [-0.2, 0) is 4.57 Å². The average Bonchev–Trinajstić information content (AvgIpc) is 2.60. The lowest BCUT2D eigenvalue weighted by molar-refractivity contribution is 0.106. The molecule has 26 heavy (non-hydrogen) atoms. The van der Waals surface area contributed by atoms with Crippen LogP contribution in [0.4, 0.5) is 0 Å². The second-order valence-electron chi connectivity index (χ2n) is 6.39. The Balaban J connectivity index is 2.69. The van der Waals surface area contributed by atoms with Gasteiger partial charge in [-0.2, -0.15) is 0 Å². The molecule has 0 saturated carbocycles. The van der Waals surface area contributed by atoms with Crippen molar-refractivity contribution in [2.75, 3.05) is 26.3 Å². The SMILES string of the molecule is Cc1cc(C)c(C(=O)P(=O)(c2ccccc2)N(CCO)CCO)c(C)c1. The minimum absolute atomic E-state index is 0.0441. The van der Waals surface area contributed by atoms with Crippen LogP contribution in [0, 0.1) is 20.8 Å². The van der Waals surface area contributed by atoms with Crippen molar-refractivity contribution in [2.45, 2.75) is 20.8 Å². The van der Waals surface area contributed by atoms with E-state index in [4.69, 9.17) is 0 Å². The molecule has 0 fully saturated rings. The first-order valence-corrected chi connectivity index (χ1v) is 10.3. The lowest BCUT2D eigenvalue weighted by atomic mass is 10.0. The van der Waals surface area contributed by atoms with Crippen molar-refractivity contribution in [3.8, 4) is 0 Å². The van der Waals surface area contributed by atoms with E-state index < -0.39 is 12.8 Å². The molecule has 5 nitrogen and oxygen atoms in total. The molecule has 0 radical (unpaired) electrons. The first-order chi connectivity index (χ1) is 12.4. The zero-order valence-corrected chi connectivity index (χ0v) is 16.4. The second kappa shape index (κ2) is 8.74. The van der Waals surface area contributed by atoms with Crippen LogP contribution in [0.3, 0.4) is 0 Å². The van der Waals surface area contributed by atoms with Crippen LogP contribution in [0.15, 0.2) is 42.5 Å². The van der Waals surface area contributed by atoms with Crippen LogP contribution in [0.2, 0.25) is 0 Å². The first-order valence-electron chi connectivity index (χ1n) is 8.61. The Labute approximate surface area is 154 Å². The van der Waals surface area contributed by atoms with Gasteiger partial charge in [0.2, 0.25) is 12.8 Å². The van der Waals surface area contributed by atoms with Crippen molar-refractivity contribution in [3.63, 3.8) is 0 Å². The van der Waals surface area contributed by atoms with Gasteiger partial charge in [-0.3, -0.25) is 9.36 Å². The molecule has 1 unspecified atom stereocenters. The van der Waals surface area contributed by atoms with E-state index in [0.717, 1.165) is 16.7 Å². The van der Waals surface area contributed by atoms with E-state index in [0.29, 0.717) is 10.9 Å². The molecule has 2 rings (SSSR count). The highest BCUT2D eigenvalue weighted by atomic mass is 31.2. The summed E-state index contributed by atoms with van der Waals surface area (Å²) in [6.45, 7) is 5.21. The molecule has 0 aliphatic rings. The topological polar surface area (TPSA) is 77.8 Å². The van der Waals surface area contributed by atoms with Gasteiger partial charge in [0.05, 0.1) is 13.2 Å². The number of hydrogen-bond acceptors (Lipinski definition) is 4. The highest BCUT2D eigenvalue weighted by Gasteiger charge is 2.41. The fraction of sp³-hybridized carbons (Fsp3) is 0.350. The highest BCUT2D eigenvalue weighted by Crippen LogP contribution is 2.52. The van der Waals surface area contributed by atoms with Gasteiger partial charge in [-0.05, 0) is 44.0 Å². The number of rotatable bonds is 8. The molecular weight excluding hydrogens is 349 g/mol. The van der Waals surface area contributed by atoms with E-state index in [1.165, 1.54) is 4.67 Å². The predicted molar refractivity (Wildman–Crippen MR) is 104 cm³/mol. The van der Waals surface area contributed by atoms with Crippen molar-refractivity contribution < 1.29 is 19.6 Å². The smallest absolute Gasteiger partial charge is 0.246 e. The van der Waals surface area contributed by atoms with Gasteiger partial charge in [0.15, 0.2) is 0 Å². The summed E-state index contributed by atoms with van der Waals surface area (Å²) in [7, 11) is -3.72. The summed E-state index contributed by atoms with van der Waals surface area (Å²) in [6.07, 6.45) is 0. The van der Waals surface area contributed by atoms with Crippen molar-refractivity contribution in [3.05, 3.63) is 64.7 Å². The molecule has 2 aromatic rings. The predicted octanol–water partition coefficient (Wildman–Crippen LogP) is 2.64. The Hall–Kier alpha value is -1.78. The van der Waals surface area contributed by atoms with Gasteiger partial charge in [-0.15, -0.1) is 0 Å². The molecule has 0 spiro atoms. The first kappa shape index (κ1) is 20.5. The van der Waals surface area contributed by atoms with Crippen molar-refractivity contribution in [1.82, 2.24) is 4.67 Å². The third-order valence-corrected chi connectivity index (χ3v) is 7.36. The van der Waals surface area contributed by atoms with Crippen LogP contribution < -0.4 is 5.30 Å². The molecule has 6 heteroatoms. The maximum Gasteiger partial charge on any atom is 0.246 e. The number of benzene rings is 2. The minimum atomic E-state index is -3.72. The quantitative estimate of drug-likeness (QED) is 0.694. The summed E-state index contributed by atoms with van der Waals surface area (Å²) >= 11 is 0. The Kier molecular flexibility index (Phi) is 6.90. The summed E-state index contributed by atoms with van der Waals surface area (Å²) in [5.74, 6) is 0. The van der Waals surface area contributed by atoms with Gasteiger partial charge in [-0.25, -0.2) is 4.67 Å². The van der Waals surface area contributed by atoms with Crippen LogP contribution in [0.25, 0.3) is 0 Å². The number of aliphatic hydroxyl groups is 2. The number of hydrogen-bond donors (Lipinski definition) is 2. The van der Waals surface area contributed by atoms with Crippen molar-refractivity contribution >= 4 is 18.1 Å². The number of carbonyl (C=O) groups excluding carboxylic acids is 1. The van der Waals surface area contributed by atoms with Gasteiger partial charge in [0.1, 0.15) is 0 Å². The average molecular weight is 375 g/mol. The molecule has 140 valence electrons. The van der Waals surface area contributed by atoms with Crippen LogP contribution >= 0.6 is 7.29 Å². The molecule has 0 aliphatic carbocycles. The Bertz CT molecular complexity index is 791. The molecule has 0 heterocycles. The minimum Gasteiger partial charge on any atom is -0.395 e. The Morgan fingerprint density at radius 2 is 1.46 bits per heavy atom. The van der Waals surface area contributed by atoms with Crippen LogP contribution in [-0.4, -0.2) is 46.7 Å². The maximum atomic E-state index is 14.1. The van der Waals surface area contributed by atoms with Crippen molar-refractivity contribution in [1.29, 1.82) is 0 Å². The summed E-state index contributed by atoms with van der Waals surface area (Å²) in [6, 6.07) is 12.4. The highest BCUT2D eigenvalue weighted by molar-refractivity contribution is 7.85. The summed E-state index contributed by atoms with van der Waals surface area (Å²) in [5, 5.41) is 19.2. The molecule has 0 aliphatic heterocycles. The molecule has 0 bridgehead atoms. The largest absolute Gasteiger partial charge is 0.395 e. The Morgan fingerprint density at radius 3 is 1.92 bits per heavy atom. The van der Waals surface area contributed by atoms with Gasteiger partial charge in [-0.1, -0.05) is 35.9 Å². The molecular formula is C20H26NO4P. The van der Waals surface area contributed by atoms with Crippen molar-refractivity contribution in [2.24, 2.45) is 0 Å². The van der Waals surface area contributed by atoms with E-state index in [-0.39, 0.29) is 26.3 Å². The molecule has 2 aromatic carbocycles. The fourth-order valence-corrected chi connectivity index (χ4v) is 6.12. The Morgan fingerprint density at radius 1 is 0.962 bits per heavy atom. The third kappa shape index (κ3) is 3.97. The zero-order valence-electron chi connectivity index (χ0n) is 15.5. The monoisotopic (exact) mass is 375 g/mol. The molecule has 0 aromatic heterocycles. The molecule has 1 atom stereocenters. The van der Waals surface area contributed by atoms with E-state index in [1.807, 2.05) is 32.9 Å². The van der Waals surface area contributed by atoms with Crippen LogP contribution in [0.1, 0.15) is 27.0 Å². The number of nitrogens with zero attached hydrogens (tertiary/aromatic N) is 1. The molecule has 0 saturated heterocycles. The second-order valence-corrected chi connectivity index (χ2v) is 9.03. The summed E-state index contributed by atoms with van der Waals surface area (Å²) in [4.78, 5) is 13.5. The van der Waals surface area contributed by atoms with Gasteiger partial charge in [0, 0.05) is 24.0 Å². The van der Waals surface area contributed by atoms with Gasteiger partial charge in [0.25, 0.3) is 0 Å². The number of aliphatic hydroxyl groups excluding tert-OH is 2. The van der Waals surface area contributed by atoms with E-state index in [2.05, 4.69) is 0 Å². The maximum absolute atomic E-state index is 14.1. The number of carbonyl (C=O) groups is 1. The van der Waals surface area contributed by atoms with E-state index in [9.17, 15) is 19.6 Å². The van der Waals surface area contributed by atoms with E-state index in [1.54, 1.807) is 30.3 Å². The summed E-state index contributed by atoms with van der Waals surface area (Å²) in [5.41, 5.74) is 2.58.